The van der Waals surface area contributed by atoms with Crippen molar-refractivity contribution in [1.29, 1.82) is 0 Å². The molecule has 0 saturated heterocycles. The van der Waals surface area contributed by atoms with Crippen molar-refractivity contribution in [3.63, 3.8) is 0 Å². The van der Waals surface area contributed by atoms with Crippen molar-refractivity contribution in [2.24, 2.45) is 0 Å². The van der Waals surface area contributed by atoms with Crippen LogP contribution in [0, 0.1) is 0 Å². The first-order chi connectivity index (χ1) is 14.5. The fraction of sp³-hybridized carbons (Fsp3) is 0.375. The topological polar surface area (TPSA) is 74.2 Å². The van der Waals surface area contributed by atoms with Crippen LogP contribution in [-0.2, 0) is 16.0 Å². The third kappa shape index (κ3) is 7.79. The minimum Gasteiger partial charge on any atom is -0.494 e. The molecule has 2 aromatic rings. The molecule has 0 heterocycles. The normalized spacial score (nSPS) is 12.0. The molecule has 0 aromatic heterocycles. The Bertz CT molecular complexity index is 789. The zero-order chi connectivity index (χ0) is 21.8. The summed E-state index contributed by atoms with van der Waals surface area (Å²) in [4.78, 5) is 11.2. The Morgan fingerprint density at radius 3 is 2.07 bits per heavy atom. The molecule has 1 N–H and O–H groups in total. The van der Waals surface area contributed by atoms with E-state index < -0.39 is 12.1 Å². The van der Waals surface area contributed by atoms with Crippen LogP contribution in [0.5, 0.6) is 17.2 Å². The summed E-state index contributed by atoms with van der Waals surface area (Å²) in [7, 11) is 0. The van der Waals surface area contributed by atoms with Crippen molar-refractivity contribution < 1.29 is 28.8 Å². The van der Waals surface area contributed by atoms with Gasteiger partial charge in [0.05, 0.1) is 13.2 Å². The van der Waals surface area contributed by atoms with Crippen LogP contribution in [0.15, 0.2) is 48.5 Å². The summed E-state index contributed by atoms with van der Waals surface area (Å²) < 4.78 is 22.2. The zero-order valence-electron chi connectivity index (χ0n) is 17.8. The van der Waals surface area contributed by atoms with E-state index in [9.17, 15) is 9.90 Å². The van der Waals surface area contributed by atoms with Gasteiger partial charge in [0.25, 0.3) is 0 Å². The molecule has 0 radical (unpaired) electrons. The molecule has 0 amide bonds. The molecule has 2 rings (SSSR count). The third-order valence-corrected chi connectivity index (χ3v) is 4.17. The van der Waals surface area contributed by atoms with Gasteiger partial charge >= 0.3 is 5.97 Å². The molecule has 0 bridgehead atoms. The first kappa shape index (κ1) is 23.3. The second-order valence-electron chi connectivity index (χ2n) is 6.45. The highest BCUT2D eigenvalue weighted by atomic mass is 16.5. The van der Waals surface area contributed by atoms with E-state index in [0.29, 0.717) is 38.6 Å². The van der Waals surface area contributed by atoms with Crippen LogP contribution in [-0.4, -0.2) is 43.6 Å². The summed E-state index contributed by atoms with van der Waals surface area (Å²) in [6.07, 6.45) is 3.36. The standard InChI is InChI=1S/C24H30O6/c1-4-27-21-14-19(15-22(17-21)28-5-2)8-7-13-30-20-11-9-18(10-12-20)16-23(24(25)26)29-6-3/h7-12,14-15,17,23H,4-6,13,16H2,1-3H3,(H,25,26). The van der Waals surface area contributed by atoms with Crippen molar-refractivity contribution >= 4 is 12.0 Å². The number of hydrogen-bond acceptors (Lipinski definition) is 5. The van der Waals surface area contributed by atoms with Crippen molar-refractivity contribution in [1.82, 2.24) is 0 Å². The van der Waals surface area contributed by atoms with Gasteiger partial charge in [-0.3, -0.25) is 0 Å². The minimum atomic E-state index is -0.955. The molecule has 1 atom stereocenters. The smallest absolute Gasteiger partial charge is 0.333 e. The SMILES string of the molecule is CCOc1cc(C=CCOc2ccc(CC(OCC)C(=O)O)cc2)cc(OCC)c1. The van der Waals surface area contributed by atoms with Gasteiger partial charge in [0.2, 0.25) is 0 Å². The highest BCUT2D eigenvalue weighted by molar-refractivity contribution is 5.72. The van der Waals surface area contributed by atoms with Gasteiger partial charge in [0.15, 0.2) is 6.10 Å². The lowest BCUT2D eigenvalue weighted by atomic mass is 10.1. The predicted molar refractivity (Wildman–Crippen MR) is 117 cm³/mol. The maximum Gasteiger partial charge on any atom is 0.333 e. The van der Waals surface area contributed by atoms with E-state index >= 15 is 0 Å². The van der Waals surface area contributed by atoms with E-state index in [4.69, 9.17) is 18.9 Å². The number of benzene rings is 2. The van der Waals surface area contributed by atoms with E-state index in [2.05, 4.69) is 0 Å². The highest BCUT2D eigenvalue weighted by Crippen LogP contribution is 2.24. The molecule has 0 aliphatic rings. The molecule has 0 fully saturated rings. The van der Waals surface area contributed by atoms with Gasteiger partial charge in [-0.25, -0.2) is 4.79 Å². The molecule has 2 aromatic carbocycles. The van der Waals surface area contributed by atoms with Gasteiger partial charge in [0, 0.05) is 19.1 Å². The first-order valence-corrected chi connectivity index (χ1v) is 10.2. The van der Waals surface area contributed by atoms with E-state index in [1.165, 1.54) is 0 Å². The molecule has 0 aliphatic carbocycles. The van der Waals surface area contributed by atoms with Crippen LogP contribution in [0.1, 0.15) is 31.9 Å². The van der Waals surface area contributed by atoms with Crippen LogP contribution in [0.2, 0.25) is 0 Å². The fourth-order valence-corrected chi connectivity index (χ4v) is 2.87. The number of rotatable bonds is 13. The molecule has 0 spiro atoms. The van der Waals surface area contributed by atoms with Crippen LogP contribution >= 0.6 is 0 Å². The highest BCUT2D eigenvalue weighted by Gasteiger charge is 2.17. The summed E-state index contributed by atoms with van der Waals surface area (Å²) in [6.45, 7) is 7.63. The average molecular weight is 414 g/mol. The number of hydrogen-bond donors (Lipinski definition) is 1. The Balaban J connectivity index is 1.91. The molecular weight excluding hydrogens is 384 g/mol. The number of ether oxygens (including phenoxy) is 4. The number of aliphatic carboxylic acids is 1. The predicted octanol–water partition coefficient (Wildman–Crippen LogP) is 4.61. The molecule has 162 valence electrons. The molecule has 0 saturated carbocycles. The number of carboxylic acids is 1. The summed E-state index contributed by atoms with van der Waals surface area (Å²) >= 11 is 0. The molecule has 6 heteroatoms. The Morgan fingerprint density at radius 2 is 1.53 bits per heavy atom. The van der Waals surface area contributed by atoms with Crippen molar-refractivity contribution in [3.8, 4) is 17.2 Å². The van der Waals surface area contributed by atoms with Gasteiger partial charge in [-0.05, 0) is 62.2 Å². The van der Waals surface area contributed by atoms with Crippen molar-refractivity contribution in [2.45, 2.75) is 33.3 Å². The van der Waals surface area contributed by atoms with Gasteiger partial charge in [0.1, 0.15) is 23.9 Å². The molecule has 1 unspecified atom stereocenters. The van der Waals surface area contributed by atoms with Crippen molar-refractivity contribution in [2.75, 3.05) is 26.4 Å². The van der Waals surface area contributed by atoms with Gasteiger partial charge < -0.3 is 24.1 Å². The summed E-state index contributed by atoms with van der Waals surface area (Å²) in [6, 6.07) is 13.2. The second kappa shape index (κ2) is 12.5. The Kier molecular flexibility index (Phi) is 9.74. The van der Waals surface area contributed by atoms with E-state index in [-0.39, 0.29) is 0 Å². The van der Waals surface area contributed by atoms with Gasteiger partial charge in [-0.15, -0.1) is 0 Å². The summed E-state index contributed by atoms with van der Waals surface area (Å²) in [5.41, 5.74) is 1.86. The van der Waals surface area contributed by atoms with Crippen LogP contribution < -0.4 is 14.2 Å². The molecular formula is C24H30O6. The molecule has 30 heavy (non-hydrogen) atoms. The maximum absolute atomic E-state index is 11.2. The third-order valence-electron chi connectivity index (χ3n) is 4.17. The van der Waals surface area contributed by atoms with Crippen LogP contribution in [0.4, 0.5) is 0 Å². The maximum atomic E-state index is 11.2. The quantitative estimate of drug-likeness (QED) is 0.516. The monoisotopic (exact) mass is 414 g/mol. The number of carbonyl (C=O) groups is 1. The Labute approximate surface area is 178 Å². The summed E-state index contributed by atoms with van der Waals surface area (Å²) in [5.74, 6) is 1.30. The van der Waals surface area contributed by atoms with E-state index in [0.717, 1.165) is 22.6 Å². The van der Waals surface area contributed by atoms with Gasteiger partial charge in [-0.2, -0.15) is 0 Å². The van der Waals surface area contributed by atoms with E-state index in [1.807, 2.05) is 68.5 Å². The Morgan fingerprint density at radius 1 is 0.900 bits per heavy atom. The van der Waals surface area contributed by atoms with Crippen molar-refractivity contribution in [3.05, 3.63) is 59.7 Å². The Hall–Kier alpha value is -2.99. The second-order valence-corrected chi connectivity index (χ2v) is 6.45. The lowest BCUT2D eigenvalue weighted by molar-refractivity contribution is -0.149. The zero-order valence-corrected chi connectivity index (χ0v) is 17.8. The summed E-state index contributed by atoms with van der Waals surface area (Å²) in [5, 5.41) is 9.18. The minimum absolute atomic E-state index is 0.321. The average Bonchev–Trinajstić information content (AvgIpc) is 2.72. The first-order valence-electron chi connectivity index (χ1n) is 10.2. The van der Waals surface area contributed by atoms with E-state index in [1.54, 1.807) is 6.92 Å². The van der Waals surface area contributed by atoms with Crippen LogP contribution in [0.25, 0.3) is 6.08 Å². The molecule has 6 nitrogen and oxygen atoms in total. The lowest BCUT2D eigenvalue weighted by Gasteiger charge is -2.12. The largest absolute Gasteiger partial charge is 0.494 e. The molecule has 0 aliphatic heterocycles. The number of carboxylic acid groups (broad SMARTS) is 1. The van der Waals surface area contributed by atoms with Crippen LogP contribution in [0.3, 0.4) is 0 Å². The van der Waals surface area contributed by atoms with Gasteiger partial charge in [-0.1, -0.05) is 18.2 Å². The fourth-order valence-electron chi connectivity index (χ4n) is 2.87. The lowest BCUT2D eigenvalue weighted by Crippen LogP contribution is -2.26.